The predicted octanol–water partition coefficient (Wildman–Crippen LogP) is 6.57. The zero-order chi connectivity index (χ0) is 18.0. The molecule has 1 aromatic carbocycles. The van der Waals surface area contributed by atoms with Crippen molar-refractivity contribution >= 4 is 24.8 Å². The SMILES string of the molecule is CCCCC(N1CCCCC1)N1CCC(CCCc2ccccc2)CC1.Cl.Cl. The van der Waals surface area contributed by atoms with Crippen molar-refractivity contribution in [3.8, 4) is 0 Å². The number of aryl methyl sites for hydroxylation is 1. The summed E-state index contributed by atoms with van der Waals surface area (Å²) in [5.41, 5.74) is 1.51. The van der Waals surface area contributed by atoms with Crippen LogP contribution in [0.1, 0.15) is 76.7 Å². The fraction of sp³-hybridized carbons (Fsp3) is 0.750. The minimum atomic E-state index is 0. The first-order valence-corrected chi connectivity index (χ1v) is 11.4. The van der Waals surface area contributed by atoms with Gasteiger partial charge in [0.2, 0.25) is 0 Å². The third kappa shape index (κ3) is 8.22. The predicted molar refractivity (Wildman–Crippen MR) is 127 cm³/mol. The third-order valence-electron chi connectivity index (χ3n) is 6.62. The molecule has 0 amide bonds. The quantitative estimate of drug-likeness (QED) is 0.438. The monoisotopic (exact) mass is 428 g/mol. The van der Waals surface area contributed by atoms with Crippen LogP contribution in [0.4, 0.5) is 0 Å². The summed E-state index contributed by atoms with van der Waals surface area (Å²) < 4.78 is 0. The highest BCUT2D eigenvalue weighted by Crippen LogP contribution is 2.27. The zero-order valence-electron chi connectivity index (χ0n) is 17.9. The molecule has 1 unspecified atom stereocenters. The van der Waals surface area contributed by atoms with E-state index in [-0.39, 0.29) is 24.8 Å². The summed E-state index contributed by atoms with van der Waals surface area (Å²) in [6, 6.07) is 11.0. The molecule has 0 aromatic heterocycles. The highest BCUT2D eigenvalue weighted by Gasteiger charge is 2.29. The maximum atomic E-state index is 2.84. The van der Waals surface area contributed by atoms with Crippen LogP contribution in [-0.4, -0.2) is 42.1 Å². The van der Waals surface area contributed by atoms with E-state index in [1.165, 1.54) is 102 Å². The Morgan fingerprint density at radius 2 is 1.50 bits per heavy atom. The van der Waals surface area contributed by atoms with E-state index >= 15 is 0 Å². The van der Waals surface area contributed by atoms with E-state index in [1.54, 1.807) is 0 Å². The molecule has 2 saturated heterocycles. The Balaban J connectivity index is 0.00000196. The number of benzene rings is 1. The van der Waals surface area contributed by atoms with Crippen LogP contribution in [-0.2, 0) is 6.42 Å². The van der Waals surface area contributed by atoms with Crippen molar-refractivity contribution < 1.29 is 0 Å². The van der Waals surface area contributed by atoms with Gasteiger partial charge in [0.05, 0.1) is 6.17 Å². The fourth-order valence-corrected chi connectivity index (χ4v) is 4.98. The normalized spacial score (nSPS) is 20.2. The molecule has 2 heterocycles. The number of unbranched alkanes of at least 4 members (excludes halogenated alkanes) is 1. The van der Waals surface area contributed by atoms with Gasteiger partial charge in [-0.1, -0.05) is 62.9 Å². The molecule has 3 rings (SSSR count). The molecule has 2 fully saturated rings. The Morgan fingerprint density at radius 1 is 0.857 bits per heavy atom. The number of hydrogen-bond acceptors (Lipinski definition) is 2. The van der Waals surface area contributed by atoms with Crippen LogP contribution in [0.5, 0.6) is 0 Å². The van der Waals surface area contributed by atoms with Crippen LogP contribution in [0, 0.1) is 5.92 Å². The number of rotatable bonds is 9. The summed E-state index contributed by atoms with van der Waals surface area (Å²) in [5, 5.41) is 0. The lowest BCUT2D eigenvalue weighted by atomic mass is 9.90. The molecule has 2 nitrogen and oxygen atoms in total. The standard InChI is InChI=1S/C24H40N2.2ClH/c1-2-3-15-24(25-18-8-5-9-19-25)26-20-16-23(17-21-26)14-10-13-22-11-6-4-7-12-22;;/h4,6-7,11-12,23-24H,2-3,5,8-10,13-21H2,1H3;2*1H. The fourth-order valence-electron chi connectivity index (χ4n) is 4.98. The first-order chi connectivity index (χ1) is 12.9. The second-order valence-corrected chi connectivity index (χ2v) is 8.58. The molecule has 0 bridgehead atoms. The Hall–Kier alpha value is -0.280. The molecule has 0 spiro atoms. The Kier molecular flexibility index (Phi) is 13.5. The van der Waals surface area contributed by atoms with Gasteiger partial charge in [0, 0.05) is 0 Å². The summed E-state index contributed by atoms with van der Waals surface area (Å²) in [4.78, 5) is 5.66. The maximum Gasteiger partial charge on any atom is 0.0622 e. The smallest absolute Gasteiger partial charge is 0.0622 e. The lowest BCUT2D eigenvalue weighted by Crippen LogP contribution is -2.52. The second-order valence-electron chi connectivity index (χ2n) is 8.58. The Labute approximate surface area is 186 Å². The van der Waals surface area contributed by atoms with E-state index in [2.05, 4.69) is 47.1 Å². The molecule has 1 atom stereocenters. The first kappa shape index (κ1) is 25.8. The van der Waals surface area contributed by atoms with Gasteiger partial charge in [-0.3, -0.25) is 9.80 Å². The molecule has 0 N–H and O–H groups in total. The van der Waals surface area contributed by atoms with Crippen LogP contribution in [0.2, 0.25) is 0 Å². The average Bonchev–Trinajstić information content (AvgIpc) is 2.71. The van der Waals surface area contributed by atoms with Crippen LogP contribution in [0.3, 0.4) is 0 Å². The Bertz CT molecular complexity index is 483. The second kappa shape index (κ2) is 14.7. The van der Waals surface area contributed by atoms with Crippen molar-refractivity contribution in [2.75, 3.05) is 26.2 Å². The van der Waals surface area contributed by atoms with E-state index in [0.717, 1.165) is 12.1 Å². The minimum absolute atomic E-state index is 0. The Morgan fingerprint density at radius 3 is 2.14 bits per heavy atom. The van der Waals surface area contributed by atoms with Crippen molar-refractivity contribution in [1.82, 2.24) is 9.80 Å². The summed E-state index contributed by atoms with van der Waals surface area (Å²) in [7, 11) is 0. The number of nitrogens with zero attached hydrogens (tertiary/aromatic N) is 2. The lowest BCUT2D eigenvalue weighted by Gasteiger charge is -2.44. The van der Waals surface area contributed by atoms with E-state index in [0.29, 0.717) is 0 Å². The molecule has 2 aliphatic rings. The number of piperidine rings is 2. The molecule has 0 aliphatic carbocycles. The van der Waals surface area contributed by atoms with Gasteiger partial charge in [0.25, 0.3) is 0 Å². The van der Waals surface area contributed by atoms with Gasteiger partial charge in [0.1, 0.15) is 0 Å². The van der Waals surface area contributed by atoms with Gasteiger partial charge in [-0.05, 0) is 82.6 Å². The number of halogens is 2. The van der Waals surface area contributed by atoms with Crippen LogP contribution < -0.4 is 0 Å². The molecule has 2 aliphatic heterocycles. The highest BCUT2D eigenvalue weighted by molar-refractivity contribution is 5.85. The van der Waals surface area contributed by atoms with Crippen LogP contribution in [0.15, 0.2) is 30.3 Å². The number of likely N-dealkylation sites (tertiary alicyclic amines) is 2. The molecule has 0 radical (unpaired) electrons. The molecule has 4 heteroatoms. The molecular formula is C24H42Cl2N2. The van der Waals surface area contributed by atoms with Gasteiger partial charge < -0.3 is 0 Å². The van der Waals surface area contributed by atoms with Crippen LogP contribution >= 0.6 is 24.8 Å². The van der Waals surface area contributed by atoms with Crippen molar-refractivity contribution in [3.05, 3.63) is 35.9 Å². The van der Waals surface area contributed by atoms with E-state index in [4.69, 9.17) is 0 Å². The molecule has 0 saturated carbocycles. The maximum absolute atomic E-state index is 2.84. The van der Waals surface area contributed by atoms with Gasteiger partial charge in [-0.15, -0.1) is 24.8 Å². The van der Waals surface area contributed by atoms with Crippen molar-refractivity contribution in [2.45, 2.75) is 83.7 Å². The highest BCUT2D eigenvalue weighted by atomic mass is 35.5. The largest absolute Gasteiger partial charge is 0.288 e. The first-order valence-electron chi connectivity index (χ1n) is 11.4. The van der Waals surface area contributed by atoms with Gasteiger partial charge in [-0.25, -0.2) is 0 Å². The van der Waals surface area contributed by atoms with E-state index in [9.17, 15) is 0 Å². The zero-order valence-corrected chi connectivity index (χ0v) is 19.5. The molecule has 1 aromatic rings. The average molecular weight is 430 g/mol. The van der Waals surface area contributed by atoms with E-state index < -0.39 is 0 Å². The van der Waals surface area contributed by atoms with Crippen molar-refractivity contribution in [2.24, 2.45) is 5.92 Å². The van der Waals surface area contributed by atoms with Crippen LogP contribution in [0.25, 0.3) is 0 Å². The summed E-state index contributed by atoms with van der Waals surface area (Å²) in [6.07, 6.45) is 16.0. The number of hydrogen-bond donors (Lipinski definition) is 0. The van der Waals surface area contributed by atoms with Gasteiger partial charge in [0.15, 0.2) is 0 Å². The minimum Gasteiger partial charge on any atom is -0.288 e. The summed E-state index contributed by atoms with van der Waals surface area (Å²) in [6.45, 7) is 7.69. The van der Waals surface area contributed by atoms with Crippen molar-refractivity contribution in [1.29, 1.82) is 0 Å². The van der Waals surface area contributed by atoms with E-state index in [1.807, 2.05) is 0 Å². The third-order valence-corrected chi connectivity index (χ3v) is 6.62. The van der Waals surface area contributed by atoms with Gasteiger partial charge in [-0.2, -0.15) is 0 Å². The molecule has 162 valence electrons. The summed E-state index contributed by atoms with van der Waals surface area (Å²) >= 11 is 0. The lowest BCUT2D eigenvalue weighted by molar-refractivity contribution is 0.000843. The molecule has 28 heavy (non-hydrogen) atoms. The summed E-state index contributed by atoms with van der Waals surface area (Å²) in [5.74, 6) is 0.961. The topological polar surface area (TPSA) is 6.48 Å². The molecular weight excluding hydrogens is 387 g/mol. The van der Waals surface area contributed by atoms with Gasteiger partial charge >= 0.3 is 0 Å². The van der Waals surface area contributed by atoms with Crippen molar-refractivity contribution in [3.63, 3.8) is 0 Å².